The summed E-state index contributed by atoms with van der Waals surface area (Å²) >= 11 is 1.56. The highest BCUT2D eigenvalue weighted by Crippen LogP contribution is 2.51. The monoisotopic (exact) mass is 294 g/mol. The number of rotatable bonds is 7. The van der Waals surface area contributed by atoms with E-state index in [0.717, 1.165) is 28.5 Å². The zero-order valence-corrected chi connectivity index (χ0v) is 13.8. The first-order valence-corrected chi connectivity index (χ1v) is 8.43. The van der Waals surface area contributed by atoms with E-state index >= 15 is 0 Å². The lowest BCUT2D eigenvalue weighted by atomic mass is 10.0. The molecule has 1 heterocycles. The van der Waals surface area contributed by atoms with Crippen LogP contribution in [-0.2, 0) is 0 Å². The van der Waals surface area contributed by atoms with Gasteiger partial charge in [0.1, 0.15) is 0 Å². The van der Waals surface area contributed by atoms with Crippen molar-refractivity contribution in [2.24, 2.45) is 11.8 Å². The third-order valence-electron chi connectivity index (χ3n) is 3.72. The van der Waals surface area contributed by atoms with Crippen LogP contribution in [0.3, 0.4) is 0 Å². The number of anilines is 2. The zero-order valence-electron chi connectivity index (χ0n) is 13.0. The maximum atomic E-state index is 12.3. The Kier molecular flexibility index (Phi) is 4.74. The van der Waals surface area contributed by atoms with E-state index in [1.165, 1.54) is 18.4 Å². The first kappa shape index (κ1) is 15.4. The summed E-state index contributed by atoms with van der Waals surface area (Å²) in [5, 5.41) is 4.64. The fourth-order valence-electron chi connectivity index (χ4n) is 2.28. The van der Waals surface area contributed by atoms with Crippen molar-refractivity contribution in [1.29, 1.82) is 0 Å². The lowest BCUT2D eigenvalue weighted by Crippen LogP contribution is -2.08. The zero-order chi connectivity index (χ0) is 14.9. The lowest BCUT2D eigenvalue weighted by molar-refractivity contribution is 0.0944. The van der Waals surface area contributed by atoms with Crippen molar-refractivity contribution in [2.45, 2.75) is 52.9 Å². The van der Waals surface area contributed by atoms with Crippen LogP contribution in [-0.4, -0.2) is 12.3 Å². The largest absolute Gasteiger partial charge is 0.397 e. The second kappa shape index (κ2) is 6.17. The van der Waals surface area contributed by atoms with Gasteiger partial charge in [0.25, 0.3) is 0 Å². The number of thiophene rings is 1. The number of nitrogens with one attached hydrogen (secondary N) is 1. The van der Waals surface area contributed by atoms with Crippen molar-refractivity contribution in [3.63, 3.8) is 0 Å². The Labute approximate surface area is 125 Å². The molecule has 0 bridgehead atoms. The number of Topliss-reactive ketones (excluding diaryl/α,β-unsaturated/α-hetero) is 1. The molecule has 0 aromatic carbocycles. The third-order valence-corrected chi connectivity index (χ3v) is 4.92. The second-order valence-electron chi connectivity index (χ2n) is 6.49. The van der Waals surface area contributed by atoms with Crippen LogP contribution in [0.2, 0.25) is 0 Å². The van der Waals surface area contributed by atoms with E-state index in [2.05, 4.69) is 19.2 Å². The Morgan fingerprint density at radius 1 is 1.35 bits per heavy atom. The van der Waals surface area contributed by atoms with Gasteiger partial charge in [-0.05, 0) is 31.1 Å². The fourth-order valence-corrected chi connectivity index (χ4v) is 3.61. The Hall–Kier alpha value is -1.03. The highest BCUT2D eigenvalue weighted by Gasteiger charge is 2.33. The number of hydrogen-bond acceptors (Lipinski definition) is 4. The first-order valence-electron chi connectivity index (χ1n) is 7.62. The third kappa shape index (κ3) is 3.35. The molecule has 1 aliphatic carbocycles. The SMILES string of the molecule is CC(C)CCNc1sc(C(=O)C(C)C)c(N)c1C1CC1. The quantitative estimate of drug-likeness (QED) is 0.728. The van der Waals surface area contributed by atoms with Crippen molar-refractivity contribution in [3.05, 3.63) is 10.4 Å². The molecule has 3 N–H and O–H groups in total. The van der Waals surface area contributed by atoms with Crippen molar-refractivity contribution in [2.75, 3.05) is 17.6 Å². The van der Waals surface area contributed by atoms with Crippen LogP contribution >= 0.6 is 11.3 Å². The Morgan fingerprint density at radius 2 is 2.00 bits per heavy atom. The van der Waals surface area contributed by atoms with Crippen LogP contribution < -0.4 is 11.1 Å². The van der Waals surface area contributed by atoms with Gasteiger partial charge in [-0.15, -0.1) is 11.3 Å². The summed E-state index contributed by atoms with van der Waals surface area (Å²) < 4.78 is 0. The molecule has 1 aromatic heterocycles. The molecule has 1 fully saturated rings. The average Bonchev–Trinajstić information content (AvgIpc) is 3.13. The fraction of sp³-hybridized carbons (Fsp3) is 0.688. The molecule has 0 aliphatic heterocycles. The van der Waals surface area contributed by atoms with Crippen LogP contribution in [0.1, 0.15) is 68.1 Å². The Bertz CT molecular complexity index is 487. The molecular weight excluding hydrogens is 268 g/mol. The van der Waals surface area contributed by atoms with Crippen molar-refractivity contribution >= 4 is 27.8 Å². The van der Waals surface area contributed by atoms with Gasteiger partial charge < -0.3 is 11.1 Å². The van der Waals surface area contributed by atoms with Crippen molar-refractivity contribution in [3.8, 4) is 0 Å². The van der Waals surface area contributed by atoms with E-state index in [-0.39, 0.29) is 11.7 Å². The molecule has 1 aliphatic rings. The van der Waals surface area contributed by atoms with Crippen LogP contribution in [0.5, 0.6) is 0 Å². The van der Waals surface area contributed by atoms with E-state index < -0.39 is 0 Å². The van der Waals surface area contributed by atoms with Gasteiger partial charge in [-0.2, -0.15) is 0 Å². The Morgan fingerprint density at radius 3 is 2.50 bits per heavy atom. The summed E-state index contributed by atoms with van der Waals surface area (Å²) in [6.07, 6.45) is 3.54. The lowest BCUT2D eigenvalue weighted by Gasteiger charge is -2.08. The van der Waals surface area contributed by atoms with Gasteiger partial charge in [0.2, 0.25) is 0 Å². The molecular formula is C16H26N2OS. The summed E-state index contributed by atoms with van der Waals surface area (Å²) in [5.41, 5.74) is 8.21. The maximum absolute atomic E-state index is 12.3. The molecule has 112 valence electrons. The average molecular weight is 294 g/mol. The summed E-state index contributed by atoms with van der Waals surface area (Å²) in [4.78, 5) is 13.0. The van der Waals surface area contributed by atoms with Crippen LogP contribution in [0, 0.1) is 11.8 Å². The van der Waals surface area contributed by atoms with Crippen molar-refractivity contribution in [1.82, 2.24) is 0 Å². The van der Waals surface area contributed by atoms with Crippen LogP contribution in [0.25, 0.3) is 0 Å². The molecule has 0 spiro atoms. The minimum absolute atomic E-state index is 0.00603. The second-order valence-corrected chi connectivity index (χ2v) is 7.51. The van der Waals surface area contributed by atoms with Gasteiger partial charge >= 0.3 is 0 Å². The minimum Gasteiger partial charge on any atom is -0.397 e. The van der Waals surface area contributed by atoms with Crippen LogP contribution in [0.15, 0.2) is 0 Å². The van der Waals surface area contributed by atoms with Crippen LogP contribution in [0.4, 0.5) is 10.7 Å². The number of carbonyl (C=O) groups excluding carboxylic acids is 1. The highest BCUT2D eigenvalue weighted by atomic mass is 32.1. The summed E-state index contributed by atoms with van der Waals surface area (Å²) in [6.45, 7) is 9.26. The summed E-state index contributed by atoms with van der Waals surface area (Å²) in [7, 11) is 0. The van der Waals surface area contributed by atoms with Gasteiger partial charge in [-0.1, -0.05) is 27.7 Å². The molecule has 1 aromatic rings. The standard InChI is InChI=1S/C16H26N2OS/c1-9(2)7-8-18-16-12(11-5-6-11)13(17)15(20-16)14(19)10(3)4/h9-11,18H,5-8,17H2,1-4H3. The molecule has 1 saturated carbocycles. The molecule has 4 heteroatoms. The maximum Gasteiger partial charge on any atom is 0.177 e. The molecule has 0 atom stereocenters. The van der Waals surface area contributed by atoms with Gasteiger partial charge in [0, 0.05) is 18.0 Å². The highest BCUT2D eigenvalue weighted by molar-refractivity contribution is 7.18. The van der Waals surface area contributed by atoms with Gasteiger partial charge in [-0.3, -0.25) is 4.79 Å². The van der Waals surface area contributed by atoms with E-state index in [1.54, 1.807) is 11.3 Å². The van der Waals surface area contributed by atoms with Gasteiger partial charge in [0.05, 0.1) is 15.6 Å². The number of carbonyl (C=O) groups is 1. The van der Waals surface area contributed by atoms with E-state index in [9.17, 15) is 4.79 Å². The molecule has 3 nitrogen and oxygen atoms in total. The summed E-state index contributed by atoms with van der Waals surface area (Å²) in [5.74, 6) is 1.43. The van der Waals surface area contributed by atoms with E-state index in [1.807, 2.05) is 13.8 Å². The molecule has 0 amide bonds. The molecule has 0 unspecified atom stereocenters. The topological polar surface area (TPSA) is 55.1 Å². The normalized spacial score (nSPS) is 15.1. The summed E-state index contributed by atoms with van der Waals surface area (Å²) in [6, 6.07) is 0. The number of hydrogen-bond donors (Lipinski definition) is 2. The molecule has 2 rings (SSSR count). The molecule has 20 heavy (non-hydrogen) atoms. The predicted octanol–water partition coefficient (Wildman–Crippen LogP) is 4.50. The van der Waals surface area contributed by atoms with Gasteiger partial charge in [-0.25, -0.2) is 0 Å². The van der Waals surface area contributed by atoms with E-state index in [0.29, 0.717) is 11.8 Å². The first-order chi connectivity index (χ1) is 9.41. The molecule has 0 radical (unpaired) electrons. The van der Waals surface area contributed by atoms with E-state index in [4.69, 9.17) is 5.73 Å². The predicted molar refractivity (Wildman–Crippen MR) is 87.8 cm³/mol. The smallest absolute Gasteiger partial charge is 0.177 e. The number of ketones is 1. The Balaban J connectivity index is 2.21. The van der Waals surface area contributed by atoms with Crippen molar-refractivity contribution < 1.29 is 4.79 Å². The number of nitrogens with two attached hydrogens (primary N) is 1. The molecule has 0 saturated heterocycles. The minimum atomic E-state index is 0.00603. The van der Waals surface area contributed by atoms with Gasteiger partial charge in [0.15, 0.2) is 5.78 Å². The number of nitrogen functional groups attached to an aromatic ring is 1.